The van der Waals surface area contributed by atoms with Crippen LogP contribution < -0.4 is 15.5 Å². The van der Waals surface area contributed by atoms with E-state index in [0.29, 0.717) is 11.9 Å². The molecular weight excluding hydrogens is 540 g/mol. The third kappa shape index (κ3) is 6.40. The minimum absolute atomic E-state index is 0.0444. The number of nitrogens with zero attached hydrogens (tertiary/aromatic N) is 6. The predicted octanol–water partition coefficient (Wildman–Crippen LogP) is 4.80. The third-order valence-electron chi connectivity index (χ3n) is 8.62. The number of carbonyl (C=O) groups excluding carboxylic acids is 1. The molecule has 4 aromatic rings. The zero-order valence-electron chi connectivity index (χ0n) is 25.1. The lowest BCUT2D eigenvalue weighted by Gasteiger charge is -2.41. The number of hydrogen-bond donors (Lipinski definition) is 2. The van der Waals surface area contributed by atoms with Crippen molar-refractivity contribution in [1.82, 2.24) is 24.6 Å². The number of rotatable bonds is 10. The number of benzene rings is 2. The molecule has 0 saturated carbocycles. The lowest BCUT2D eigenvalue weighted by Crippen LogP contribution is -2.49. The molecule has 0 spiro atoms. The van der Waals surface area contributed by atoms with Crippen LogP contribution in [0.4, 0.5) is 22.9 Å². The minimum atomic E-state index is -0.0444. The van der Waals surface area contributed by atoms with Crippen molar-refractivity contribution in [2.75, 3.05) is 61.5 Å². The number of hydrogen-bond acceptors (Lipinski definition) is 9. The molecule has 6 rings (SSSR count). The van der Waals surface area contributed by atoms with Crippen LogP contribution in [0.1, 0.15) is 25.3 Å². The van der Waals surface area contributed by atoms with Gasteiger partial charge in [-0.15, -0.1) is 0 Å². The van der Waals surface area contributed by atoms with Crippen molar-refractivity contribution in [3.63, 3.8) is 0 Å². The highest BCUT2D eigenvalue weighted by Gasteiger charge is 2.27. The molecule has 2 aromatic heterocycles. The van der Waals surface area contributed by atoms with Gasteiger partial charge < -0.3 is 20.3 Å². The van der Waals surface area contributed by atoms with E-state index >= 15 is 0 Å². The normalized spacial score (nSPS) is 16.4. The number of aryl methyl sites for hydroxylation is 2. The second-order valence-electron chi connectivity index (χ2n) is 11.2. The molecule has 4 heterocycles. The van der Waals surface area contributed by atoms with Crippen molar-refractivity contribution in [3.8, 4) is 11.3 Å². The number of fused-ring (bicyclic) bond motifs is 1. The highest BCUT2D eigenvalue weighted by Crippen LogP contribution is 2.36. The third-order valence-corrected chi connectivity index (χ3v) is 8.62. The number of nitrogens with one attached hydrogen (secondary N) is 2. The van der Waals surface area contributed by atoms with Crippen molar-refractivity contribution >= 4 is 39.6 Å². The van der Waals surface area contributed by atoms with Gasteiger partial charge in [0.05, 0.1) is 48.5 Å². The van der Waals surface area contributed by atoms with E-state index in [4.69, 9.17) is 4.74 Å². The Hall–Kier alpha value is -4.28. The lowest BCUT2D eigenvalue weighted by atomic mass is 10.00. The SMILES string of the molecule is C=CC(=O)CNc1cc(Nc2cc(-c3ccc4c(cnn4C)c3)ncn2)c(CC)cc1N1CCC(N2CCOCC2)CC1. The van der Waals surface area contributed by atoms with Crippen LogP contribution in [0.3, 0.4) is 0 Å². The van der Waals surface area contributed by atoms with Gasteiger partial charge in [-0.2, -0.15) is 5.10 Å². The molecule has 0 atom stereocenters. The van der Waals surface area contributed by atoms with Gasteiger partial charge in [0.25, 0.3) is 0 Å². The van der Waals surface area contributed by atoms with Crippen LogP contribution in [0.2, 0.25) is 0 Å². The lowest BCUT2D eigenvalue weighted by molar-refractivity contribution is -0.113. The topological polar surface area (TPSA) is 100 Å². The first-order valence-electron chi connectivity index (χ1n) is 15.2. The summed E-state index contributed by atoms with van der Waals surface area (Å²) in [4.78, 5) is 26.3. The maximum atomic E-state index is 12.2. The number of ketones is 1. The maximum absolute atomic E-state index is 12.2. The number of carbonyl (C=O) groups is 1. The minimum Gasteiger partial charge on any atom is -0.379 e. The quantitative estimate of drug-likeness (QED) is 0.256. The molecule has 2 aromatic carbocycles. The number of morpholine rings is 1. The monoisotopic (exact) mass is 580 g/mol. The fourth-order valence-corrected chi connectivity index (χ4v) is 6.16. The average molecular weight is 581 g/mol. The van der Waals surface area contributed by atoms with Crippen LogP contribution >= 0.6 is 0 Å². The second-order valence-corrected chi connectivity index (χ2v) is 11.2. The van der Waals surface area contributed by atoms with Crippen LogP contribution in [0.25, 0.3) is 22.2 Å². The van der Waals surface area contributed by atoms with Gasteiger partial charge in [-0.05, 0) is 55.2 Å². The van der Waals surface area contributed by atoms with E-state index in [1.54, 1.807) is 6.33 Å². The van der Waals surface area contributed by atoms with Gasteiger partial charge >= 0.3 is 0 Å². The summed E-state index contributed by atoms with van der Waals surface area (Å²) in [7, 11) is 1.94. The Morgan fingerprint density at radius 2 is 1.88 bits per heavy atom. The fraction of sp³-hybridized carbons (Fsp3) is 0.394. The average Bonchev–Trinajstić information content (AvgIpc) is 3.43. The molecule has 224 valence electrons. The van der Waals surface area contributed by atoms with Crippen molar-refractivity contribution < 1.29 is 9.53 Å². The second kappa shape index (κ2) is 12.9. The van der Waals surface area contributed by atoms with Gasteiger partial charge in [0.15, 0.2) is 5.78 Å². The van der Waals surface area contributed by atoms with Gasteiger partial charge in [-0.1, -0.05) is 19.6 Å². The molecule has 0 aliphatic carbocycles. The molecule has 0 amide bonds. The highest BCUT2D eigenvalue weighted by molar-refractivity contribution is 5.93. The summed E-state index contributed by atoms with van der Waals surface area (Å²) in [6.07, 6.45) is 7.89. The van der Waals surface area contributed by atoms with E-state index in [1.807, 2.05) is 24.0 Å². The Labute approximate surface area is 252 Å². The van der Waals surface area contributed by atoms with E-state index in [2.05, 4.69) is 79.3 Å². The molecular formula is C33H40N8O2. The Balaban J connectivity index is 1.26. The fourth-order valence-electron chi connectivity index (χ4n) is 6.16. The summed E-state index contributed by atoms with van der Waals surface area (Å²) in [5.74, 6) is 0.662. The van der Waals surface area contributed by atoms with E-state index in [1.165, 1.54) is 11.6 Å². The van der Waals surface area contributed by atoms with Crippen molar-refractivity contribution in [1.29, 1.82) is 0 Å². The first-order valence-corrected chi connectivity index (χ1v) is 15.2. The zero-order valence-corrected chi connectivity index (χ0v) is 25.1. The van der Waals surface area contributed by atoms with Crippen LogP contribution in [0.5, 0.6) is 0 Å². The van der Waals surface area contributed by atoms with Gasteiger partial charge in [-0.3, -0.25) is 14.4 Å². The number of piperidine rings is 1. The van der Waals surface area contributed by atoms with Crippen molar-refractivity contribution in [2.45, 2.75) is 32.2 Å². The maximum Gasteiger partial charge on any atom is 0.174 e. The Morgan fingerprint density at radius 3 is 2.65 bits per heavy atom. The van der Waals surface area contributed by atoms with Crippen LogP contribution in [0.15, 0.2) is 61.6 Å². The summed E-state index contributed by atoms with van der Waals surface area (Å²) in [5, 5.41) is 12.4. The predicted molar refractivity (Wildman–Crippen MR) is 172 cm³/mol. The van der Waals surface area contributed by atoms with E-state index in [0.717, 1.165) is 97.9 Å². The van der Waals surface area contributed by atoms with E-state index < -0.39 is 0 Å². The van der Waals surface area contributed by atoms with Gasteiger partial charge in [0.1, 0.15) is 12.1 Å². The molecule has 10 nitrogen and oxygen atoms in total. The van der Waals surface area contributed by atoms with Crippen molar-refractivity contribution in [2.24, 2.45) is 7.05 Å². The molecule has 2 N–H and O–H groups in total. The standard InChI is InChI=1S/C33H40N8O2/c1-4-23-17-32(41-10-8-26(9-11-41)40-12-14-43-15-13-40)30(34-21-27(42)5-2)18-29(23)38-33-19-28(35-22-36-33)24-6-7-31-25(16-24)20-37-39(31)3/h5-7,16-20,22,26,34H,2,4,8-15,21H2,1,3H3,(H,35,36,38). The molecule has 2 fully saturated rings. The summed E-state index contributed by atoms with van der Waals surface area (Å²) in [6, 6.07) is 13.2. The van der Waals surface area contributed by atoms with E-state index in [9.17, 15) is 4.79 Å². The summed E-state index contributed by atoms with van der Waals surface area (Å²) < 4.78 is 7.43. The highest BCUT2D eigenvalue weighted by atomic mass is 16.5. The van der Waals surface area contributed by atoms with Crippen LogP contribution in [-0.4, -0.2) is 82.4 Å². The summed E-state index contributed by atoms with van der Waals surface area (Å²) in [6.45, 7) is 11.6. The van der Waals surface area contributed by atoms with Crippen LogP contribution in [0, 0.1) is 0 Å². The molecule has 0 radical (unpaired) electrons. The molecule has 2 aliphatic rings. The summed E-state index contributed by atoms with van der Waals surface area (Å²) in [5.41, 5.74) is 7.10. The molecule has 2 saturated heterocycles. The first kappa shape index (κ1) is 28.8. The number of anilines is 4. The first-order chi connectivity index (χ1) is 21.0. The summed E-state index contributed by atoms with van der Waals surface area (Å²) >= 11 is 0. The van der Waals surface area contributed by atoms with Crippen LogP contribution in [-0.2, 0) is 23.0 Å². The molecule has 0 bridgehead atoms. The molecule has 0 unspecified atom stereocenters. The molecule has 10 heteroatoms. The van der Waals surface area contributed by atoms with Gasteiger partial charge in [0.2, 0.25) is 0 Å². The Morgan fingerprint density at radius 1 is 1.07 bits per heavy atom. The molecule has 2 aliphatic heterocycles. The zero-order chi connectivity index (χ0) is 29.8. The van der Waals surface area contributed by atoms with E-state index in [-0.39, 0.29) is 12.3 Å². The Bertz CT molecular complexity index is 1600. The Kier molecular flexibility index (Phi) is 8.67. The van der Waals surface area contributed by atoms with Crippen molar-refractivity contribution in [3.05, 3.63) is 67.1 Å². The van der Waals surface area contributed by atoms with Gasteiger partial charge in [0, 0.05) is 62.0 Å². The van der Waals surface area contributed by atoms with Gasteiger partial charge in [-0.25, -0.2) is 9.97 Å². The smallest absolute Gasteiger partial charge is 0.174 e. The number of ether oxygens (including phenoxy) is 1. The number of aromatic nitrogens is 4. The molecule has 43 heavy (non-hydrogen) atoms. The largest absolute Gasteiger partial charge is 0.379 e.